The molecular weight excluding hydrogens is 418 g/mol. The van der Waals surface area contributed by atoms with Crippen LogP contribution in [0.25, 0.3) is 5.82 Å². The molecule has 0 radical (unpaired) electrons. The van der Waals surface area contributed by atoms with Gasteiger partial charge in [-0.05, 0) is 35.3 Å². The first kappa shape index (κ1) is 22.7. The number of phenolic OH excluding ortho intramolecular Hbond substituents is 2. The Morgan fingerprint density at radius 2 is 2.03 bits per heavy atom. The molecule has 0 aliphatic carbocycles. The van der Waals surface area contributed by atoms with Gasteiger partial charge in [0, 0.05) is 11.6 Å². The summed E-state index contributed by atoms with van der Waals surface area (Å²) < 4.78 is 6.02. The maximum absolute atomic E-state index is 12.8. The number of nitrogens with two attached hydrogens (primary N) is 1. The SMILES string of the molecule is CCC[NH+](CCC)Cc1c(C(=O)N/N=C/c2ccc(O)cc2O)nnn1-c1nonc1N. The first-order chi connectivity index (χ1) is 15.4. The molecule has 13 nitrogen and oxygen atoms in total. The molecule has 1 amide bonds. The van der Waals surface area contributed by atoms with Crippen molar-refractivity contribution >= 4 is 17.9 Å². The van der Waals surface area contributed by atoms with Crippen molar-refractivity contribution in [2.24, 2.45) is 5.10 Å². The molecule has 0 atom stereocenters. The zero-order valence-corrected chi connectivity index (χ0v) is 17.8. The summed E-state index contributed by atoms with van der Waals surface area (Å²) in [6, 6.07) is 4.02. The van der Waals surface area contributed by atoms with Crippen molar-refractivity contribution in [3.05, 3.63) is 35.2 Å². The summed E-state index contributed by atoms with van der Waals surface area (Å²) in [4.78, 5) is 14.1. The number of nitrogen functional groups attached to an aromatic ring is 1. The summed E-state index contributed by atoms with van der Waals surface area (Å²) in [6.45, 7) is 6.42. The molecule has 0 saturated heterocycles. The molecule has 2 aromatic heterocycles. The number of nitrogens with one attached hydrogen (secondary N) is 2. The van der Waals surface area contributed by atoms with E-state index in [2.05, 4.69) is 49.6 Å². The molecule has 0 fully saturated rings. The van der Waals surface area contributed by atoms with Crippen molar-refractivity contribution in [1.82, 2.24) is 30.7 Å². The molecule has 0 aliphatic heterocycles. The Hall–Kier alpha value is -4.00. The van der Waals surface area contributed by atoms with Gasteiger partial charge in [0.1, 0.15) is 23.7 Å². The first-order valence-electron chi connectivity index (χ1n) is 10.2. The van der Waals surface area contributed by atoms with Crippen LogP contribution in [-0.4, -0.2) is 60.7 Å². The summed E-state index contributed by atoms with van der Waals surface area (Å²) in [5, 5.41) is 38.4. The predicted molar refractivity (Wildman–Crippen MR) is 113 cm³/mol. The van der Waals surface area contributed by atoms with E-state index in [1.807, 2.05) is 0 Å². The summed E-state index contributed by atoms with van der Waals surface area (Å²) in [5.74, 6) is -0.684. The molecule has 0 unspecified atom stereocenters. The number of aromatic hydroxyl groups is 2. The number of anilines is 1. The fourth-order valence-corrected chi connectivity index (χ4v) is 3.24. The Morgan fingerprint density at radius 1 is 1.28 bits per heavy atom. The Labute approximate surface area is 183 Å². The van der Waals surface area contributed by atoms with Crippen molar-refractivity contribution in [3.8, 4) is 17.3 Å². The van der Waals surface area contributed by atoms with Crippen LogP contribution in [0.3, 0.4) is 0 Å². The van der Waals surface area contributed by atoms with Gasteiger partial charge in [0.25, 0.3) is 5.91 Å². The highest BCUT2D eigenvalue weighted by molar-refractivity contribution is 5.94. The van der Waals surface area contributed by atoms with Crippen molar-refractivity contribution in [2.45, 2.75) is 33.2 Å². The molecule has 170 valence electrons. The third kappa shape index (κ3) is 5.18. The minimum Gasteiger partial charge on any atom is -0.508 e. The minimum atomic E-state index is -0.594. The van der Waals surface area contributed by atoms with Gasteiger partial charge in [0.15, 0.2) is 5.69 Å². The fraction of sp³-hybridized carbons (Fsp3) is 0.368. The van der Waals surface area contributed by atoms with E-state index in [0.29, 0.717) is 17.8 Å². The Morgan fingerprint density at radius 3 is 2.66 bits per heavy atom. The quantitative estimate of drug-likeness (QED) is 0.205. The molecule has 0 aliphatic rings. The average Bonchev–Trinajstić information content (AvgIpc) is 3.35. The van der Waals surface area contributed by atoms with E-state index in [4.69, 9.17) is 5.73 Å². The predicted octanol–water partition coefficient (Wildman–Crippen LogP) is -0.387. The van der Waals surface area contributed by atoms with Crippen LogP contribution < -0.4 is 16.1 Å². The van der Waals surface area contributed by atoms with Crippen LogP contribution >= 0.6 is 0 Å². The minimum absolute atomic E-state index is 0.0245. The lowest BCUT2D eigenvalue weighted by atomic mass is 10.2. The number of nitrogens with zero attached hydrogens (tertiary/aromatic N) is 6. The Bertz CT molecular complexity index is 1090. The number of rotatable bonds is 10. The molecule has 3 rings (SSSR count). The zero-order chi connectivity index (χ0) is 23.1. The number of quaternary nitrogens is 1. The lowest BCUT2D eigenvalue weighted by molar-refractivity contribution is -0.914. The third-order valence-corrected chi connectivity index (χ3v) is 4.68. The van der Waals surface area contributed by atoms with Gasteiger partial charge in [0.2, 0.25) is 11.6 Å². The average molecular weight is 444 g/mol. The van der Waals surface area contributed by atoms with E-state index < -0.39 is 5.91 Å². The second-order valence-corrected chi connectivity index (χ2v) is 7.14. The van der Waals surface area contributed by atoms with E-state index >= 15 is 0 Å². The van der Waals surface area contributed by atoms with E-state index in [0.717, 1.165) is 25.9 Å². The Kier molecular flexibility index (Phi) is 7.33. The van der Waals surface area contributed by atoms with Crippen LogP contribution in [-0.2, 0) is 6.54 Å². The van der Waals surface area contributed by atoms with E-state index in [-0.39, 0.29) is 28.8 Å². The first-order valence-corrected chi connectivity index (χ1v) is 10.2. The van der Waals surface area contributed by atoms with Crippen LogP contribution in [0.4, 0.5) is 5.82 Å². The maximum atomic E-state index is 12.8. The van der Waals surface area contributed by atoms with Crippen LogP contribution in [0, 0.1) is 0 Å². The topological polar surface area (TPSA) is 182 Å². The van der Waals surface area contributed by atoms with Crippen molar-refractivity contribution in [1.29, 1.82) is 0 Å². The van der Waals surface area contributed by atoms with Gasteiger partial charge in [-0.3, -0.25) is 4.79 Å². The van der Waals surface area contributed by atoms with Gasteiger partial charge >= 0.3 is 0 Å². The molecule has 1 aromatic carbocycles. The van der Waals surface area contributed by atoms with Gasteiger partial charge in [-0.15, -0.1) is 5.10 Å². The number of amides is 1. The van der Waals surface area contributed by atoms with Gasteiger partial charge in [-0.25, -0.2) is 10.1 Å². The molecular formula is C19H26N9O4+. The highest BCUT2D eigenvalue weighted by atomic mass is 16.6. The zero-order valence-electron chi connectivity index (χ0n) is 17.8. The van der Waals surface area contributed by atoms with Crippen molar-refractivity contribution in [3.63, 3.8) is 0 Å². The van der Waals surface area contributed by atoms with Gasteiger partial charge in [-0.2, -0.15) is 9.78 Å². The summed E-state index contributed by atoms with van der Waals surface area (Å²) in [5.41, 5.74) is 9.06. The second-order valence-electron chi connectivity index (χ2n) is 7.14. The highest BCUT2D eigenvalue weighted by Crippen LogP contribution is 2.20. The molecule has 0 bridgehead atoms. The monoisotopic (exact) mass is 444 g/mol. The molecule has 0 spiro atoms. The molecule has 2 heterocycles. The van der Waals surface area contributed by atoms with Crippen LogP contribution in [0.1, 0.15) is 48.4 Å². The second kappa shape index (κ2) is 10.3. The number of benzene rings is 1. The number of carbonyl (C=O) groups is 1. The molecule has 3 aromatic rings. The molecule has 32 heavy (non-hydrogen) atoms. The van der Waals surface area contributed by atoms with E-state index in [1.165, 1.54) is 34.0 Å². The molecule has 13 heteroatoms. The number of phenols is 2. The summed E-state index contributed by atoms with van der Waals surface area (Å²) in [6.07, 6.45) is 3.18. The summed E-state index contributed by atoms with van der Waals surface area (Å²) in [7, 11) is 0. The van der Waals surface area contributed by atoms with E-state index in [1.54, 1.807) is 0 Å². The fourth-order valence-electron chi connectivity index (χ4n) is 3.24. The van der Waals surface area contributed by atoms with Gasteiger partial charge in [0.05, 0.1) is 19.3 Å². The smallest absolute Gasteiger partial charge is 0.294 e. The lowest BCUT2D eigenvalue weighted by Gasteiger charge is -2.18. The number of carbonyl (C=O) groups excluding carboxylic acids is 1. The standard InChI is InChI=1S/C19H25N9O4/c1-3-7-27(8-4-2)11-14-16(22-26-28(14)18-17(20)24-32-25-18)19(31)23-21-10-12-5-6-13(29)9-15(12)30/h5-6,9-10,29-30H,3-4,7-8,11H2,1-2H3,(H2,20,24)(H,23,31)/p+1/b21-10+. The van der Waals surface area contributed by atoms with Gasteiger partial charge in [-0.1, -0.05) is 19.1 Å². The summed E-state index contributed by atoms with van der Waals surface area (Å²) >= 11 is 0. The normalized spacial score (nSPS) is 11.5. The number of hydrazone groups is 1. The molecule has 0 saturated carbocycles. The lowest BCUT2D eigenvalue weighted by Crippen LogP contribution is -3.10. The van der Waals surface area contributed by atoms with Crippen LogP contribution in [0.15, 0.2) is 27.9 Å². The number of hydrogen-bond donors (Lipinski definition) is 5. The Balaban J connectivity index is 1.87. The number of aromatic nitrogens is 5. The largest absolute Gasteiger partial charge is 0.508 e. The number of hydrogen-bond acceptors (Lipinski definition) is 10. The molecule has 6 N–H and O–H groups in total. The van der Waals surface area contributed by atoms with Crippen LogP contribution in [0.5, 0.6) is 11.5 Å². The van der Waals surface area contributed by atoms with Crippen LogP contribution in [0.2, 0.25) is 0 Å². The highest BCUT2D eigenvalue weighted by Gasteiger charge is 2.27. The maximum Gasteiger partial charge on any atom is 0.294 e. The third-order valence-electron chi connectivity index (χ3n) is 4.68. The van der Waals surface area contributed by atoms with Crippen molar-refractivity contribution in [2.75, 3.05) is 18.8 Å². The van der Waals surface area contributed by atoms with Crippen molar-refractivity contribution < 1.29 is 24.5 Å². The van der Waals surface area contributed by atoms with Gasteiger partial charge < -0.3 is 20.8 Å². The van der Waals surface area contributed by atoms with E-state index in [9.17, 15) is 15.0 Å².